The maximum atomic E-state index is 12.2. The van der Waals surface area contributed by atoms with Crippen LogP contribution in [0.1, 0.15) is 28.9 Å². The van der Waals surface area contributed by atoms with E-state index in [4.69, 9.17) is 9.26 Å². The molecule has 3 heterocycles. The fraction of sp³-hybridized carbons (Fsp3) is 0.158. The molecule has 0 spiro atoms. The van der Waals surface area contributed by atoms with Crippen LogP contribution in [-0.2, 0) is 20.9 Å². The van der Waals surface area contributed by atoms with E-state index in [1.807, 2.05) is 17.5 Å². The molecular weight excluding hydrogens is 368 g/mol. The molecule has 1 aliphatic rings. The predicted octanol–water partition coefficient (Wildman–Crippen LogP) is 3.41. The molecule has 136 valence electrons. The van der Waals surface area contributed by atoms with Gasteiger partial charge >= 0.3 is 5.97 Å². The molecule has 0 radical (unpaired) electrons. The van der Waals surface area contributed by atoms with Gasteiger partial charge in [-0.1, -0.05) is 11.2 Å². The first-order valence-electron chi connectivity index (χ1n) is 8.24. The summed E-state index contributed by atoms with van der Waals surface area (Å²) in [4.78, 5) is 37.8. The minimum atomic E-state index is -0.527. The lowest BCUT2D eigenvalue weighted by atomic mass is 10.2. The van der Waals surface area contributed by atoms with Gasteiger partial charge in [-0.15, -0.1) is 11.3 Å². The fourth-order valence-corrected chi connectivity index (χ4v) is 3.42. The van der Waals surface area contributed by atoms with Crippen molar-refractivity contribution >= 4 is 34.8 Å². The van der Waals surface area contributed by atoms with Crippen molar-refractivity contribution < 1.29 is 23.6 Å². The van der Waals surface area contributed by atoms with Crippen molar-refractivity contribution in [3.05, 3.63) is 59.1 Å². The van der Waals surface area contributed by atoms with Gasteiger partial charge in [-0.05, 0) is 35.7 Å². The van der Waals surface area contributed by atoms with Crippen LogP contribution in [0.15, 0.2) is 52.4 Å². The monoisotopic (exact) mass is 382 g/mol. The molecule has 0 unspecified atom stereocenters. The molecular formula is C19H14N2O5S. The van der Waals surface area contributed by atoms with Crippen LogP contribution in [0.4, 0.5) is 5.69 Å². The molecule has 0 aliphatic carbocycles. The highest BCUT2D eigenvalue weighted by Gasteiger charge is 2.30. The number of amides is 2. The number of ether oxygens (including phenoxy) is 1. The van der Waals surface area contributed by atoms with Crippen LogP contribution in [0, 0.1) is 0 Å². The Labute approximate surface area is 158 Å². The van der Waals surface area contributed by atoms with Crippen molar-refractivity contribution in [2.24, 2.45) is 0 Å². The maximum absolute atomic E-state index is 12.2. The van der Waals surface area contributed by atoms with E-state index < -0.39 is 5.97 Å². The normalized spacial score (nSPS) is 14.0. The number of hydrogen-bond acceptors (Lipinski definition) is 7. The summed E-state index contributed by atoms with van der Waals surface area (Å²) in [6.45, 7) is -0.0153. The Morgan fingerprint density at radius 1 is 1.15 bits per heavy atom. The number of nitrogens with zero attached hydrogens (tertiary/aromatic N) is 2. The molecule has 0 atom stereocenters. The quantitative estimate of drug-likeness (QED) is 0.496. The number of thiophene rings is 1. The number of imide groups is 1. The van der Waals surface area contributed by atoms with Crippen LogP contribution in [0.25, 0.3) is 10.6 Å². The largest absolute Gasteiger partial charge is 0.455 e. The Hall–Kier alpha value is -3.26. The topological polar surface area (TPSA) is 89.7 Å². The lowest BCUT2D eigenvalue weighted by Crippen LogP contribution is -2.28. The van der Waals surface area contributed by atoms with Crippen LogP contribution in [0.2, 0.25) is 0 Å². The van der Waals surface area contributed by atoms with Gasteiger partial charge in [-0.25, -0.2) is 4.79 Å². The second-order valence-electron chi connectivity index (χ2n) is 5.91. The van der Waals surface area contributed by atoms with Crippen molar-refractivity contribution in [2.75, 3.05) is 4.90 Å². The van der Waals surface area contributed by atoms with Crippen molar-refractivity contribution in [1.29, 1.82) is 0 Å². The summed E-state index contributed by atoms with van der Waals surface area (Å²) in [7, 11) is 0. The third kappa shape index (κ3) is 3.52. The zero-order valence-corrected chi connectivity index (χ0v) is 14.9. The van der Waals surface area contributed by atoms with Gasteiger partial charge in [0.1, 0.15) is 12.3 Å². The summed E-state index contributed by atoms with van der Waals surface area (Å²) >= 11 is 1.53. The molecule has 8 heteroatoms. The van der Waals surface area contributed by atoms with Crippen molar-refractivity contribution in [2.45, 2.75) is 19.4 Å². The van der Waals surface area contributed by atoms with Gasteiger partial charge < -0.3 is 9.26 Å². The number of carbonyl (C=O) groups is 3. The second-order valence-corrected chi connectivity index (χ2v) is 6.85. The molecule has 3 aromatic rings. The fourth-order valence-electron chi connectivity index (χ4n) is 2.75. The van der Waals surface area contributed by atoms with Crippen molar-refractivity contribution in [3.8, 4) is 10.6 Å². The van der Waals surface area contributed by atoms with Crippen LogP contribution in [0.5, 0.6) is 0 Å². The molecule has 27 heavy (non-hydrogen) atoms. The first-order valence-corrected chi connectivity index (χ1v) is 9.12. The third-order valence-electron chi connectivity index (χ3n) is 4.09. The Morgan fingerprint density at radius 2 is 1.89 bits per heavy atom. The summed E-state index contributed by atoms with van der Waals surface area (Å²) < 4.78 is 10.5. The third-order valence-corrected chi connectivity index (χ3v) is 4.97. The molecule has 2 amide bonds. The average Bonchev–Trinajstić information content (AvgIpc) is 3.41. The van der Waals surface area contributed by atoms with Gasteiger partial charge in [0, 0.05) is 18.9 Å². The zero-order valence-electron chi connectivity index (χ0n) is 14.1. The summed E-state index contributed by atoms with van der Waals surface area (Å²) in [5.41, 5.74) is 1.28. The van der Waals surface area contributed by atoms with Gasteiger partial charge in [-0.2, -0.15) is 0 Å². The molecule has 1 saturated heterocycles. The number of aromatic nitrogens is 1. The first-order chi connectivity index (χ1) is 13.1. The predicted molar refractivity (Wildman–Crippen MR) is 97.1 cm³/mol. The van der Waals surface area contributed by atoms with Gasteiger partial charge in [0.15, 0.2) is 5.76 Å². The number of esters is 1. The van der Waals surface area contributed by atoms with Crippen LogP contribution < -0.4 is 4.90 Å². The van der Waals surface area contributed by atoms with Gasteiger partial charge in [0.25, 0.3) is 0 Å². The molecule has 0 N–H and O–H groups in total. The molecule has 7 nitrogen and oxygen atoms in total. The van der Waals surface area contributed by atoms with Crippen molar-refractivity contribution in [1.82, 2.24) is 5.16 Å². The van der Waals surface area contributed by atoms with Crippen LogP contribution in [0.3, 0.4) is 0 Å². The smallest absolute Gasteiger partial charge is 0.338 e. The first kappa shape index (κ1) is 17.2. The molecule has 0 bridgehead atoms. The number of carbonyl (C=O) groups excluding carboxylic acids is 3. The Bertz CT molecular complexity index is 976. The molecule has 4 rings (SSSR count). The van der Waals surface area contributed by atoms with E-state index in [-0.39, 0.29) is 31.3 Å². The maximum Gasteiger partial charge on any atom is 0.338 e. The van der Waals surface area contributed by atoms with Gasteiger partial charge in [0.05, 0.1) is 16.1 Å². The molecule has 1 aromatic carbocycles. The van der Waals surface area contributed by atoms with E-state index in [0.717, 1.165) is 9.78 Å². The zero-order chi connectivity index (χ0) is 18.8. The summed E-state index contributed by atoms with van der Waals surface area (Å²) in [5.74, 6) is -0.368. The molecule has 1 fully saturated rings. The minimum Gasteiger partial charge on any atom is -0.455 e. The van der Waals surface area contributed by atoms with Crippen LogP contribution in [-0.4, -0.2) is 22.9 Å². The molecule has 0 saturated carbocycles. The highest BCUT2D eigenvalue weighted by molar-refractivity contribution is 7.13. The minimum absolute atomic E-state index is 0.0153. The number of anilines is 1. The standard InChI is InChI=1S/C19H14N2O5S/c22-17-7-8-18(23)21(17)14-5-3-12(4-6-14)19(24)25-11-13-10-15(26-20-13)16-2-1-9-27-16/h1-6,9-10H,7-8,11H2. The van der Waals surface area contributed by atoms with E-state index in [2.05, 4.69) is 5.16 Å². The van der Waals surface area contributed by atoms with Crippen molar-refractivity contribution in [3.63, 3.8) is 0 Å². The second kappa shape index (κ2) is 7.16. The van der Waals surface area contributed by atoms with E-state index in [1.165, 1.54) is 23.5 Å². The Balaban J connectivity index is 1.39. The number of rotatable bonds is 5. The van der Waals surface area contributed by atoms with Gasteiger partial charge in [-0.3, -0.25) is 14.5 Å². The van der Waals surface area contributed by atoms with E-state index in [0.29, 0.717) is 22.7 Å². The Morgan fingerprint density at radius 3 is 2.56 bits per heavy atom. The highest BCUT2D eigenvalue weighted by Crippen LogP contribution is 2.26. The molecule has 2 aromatic heterocycles. The van der Waals surface area contributed by atoms with E-state index in [1.54, 1.807) is 18.2 Å². The van der Waals surface area contributed by atoms with Gasteiger partial charge in [0.2, 0.25) is 11.8 Å². The van der Waals surface area contributed by atoms with E-state index in [9.17, 15) is 14.4 Å². The summed E-state index contributed by atoms with van der Waals surface area (Å²) in [6.07, 6.45) is 0.432. The lowest BCUT2D eigenvalue weighted by Gasteiger charge is -2.13. The summed E-state index contributed by atoms with van der Waals surface area (Å²) in [5, 5.41) is 5.83. The number of hydrogen-bond donors (Lipinski definition) is 0. The van der Waals surface area contributed by atoms with E-state index >= 15 is 0 Å². The Kier molecular flexibility index (Phi) is 4.55. The lowest BCUT2D eigenvalue weighted by molar-refractivity contribution is -0.121. The SMILES string of the molecule is O=C(OCc1cc(-c2cccs2)on1)c1ccc(N2C(=O)CCC2=O)cc1. The number of benzene rings is 1. The van der Waals surface area contributed by atoms with Crippen LogP contribution >= 0.6 is 11.3 Å². The average molecular weight is 382 g/mol. The molecule has 1 aliphatic heterocycles. The summed E-state index contributed by atoms with van der Waals surface area (Å²) in [6, 6.07) is 11.7. The highest BCUT2D eigenvalue weighted by atomic mass is 32.1.